The maximum atomic E-state index is 12.4. The standard InChI is InChI=1S/C19H13Cl2NO/c20-15-8-4-5-9-17(15)22-18-11-10-14(12-16(18)21)19(23)13-6-2-1-3-7-13/h1-12,22H. The Morgan fingerprint density at radius 2 is 1.35 bits per heavy atom. The summed E-state index contributed by atoms with van der Waals surface area (Å²) in [5, 5.41) is 4.24. The monoisotopic (exact) mass is 341 g/mol. The zero-order valence-corrected chi connectivity index (χ0v) is 13.6. The van der Waals surface area contributed by atoms with Crippen LogP contribution in [-0.4, -0.2) is 5.78 Å². The third-order valence-electron chi connectivity index (χ3n) is 3.41. The molecule has 4 heteroatoms. The minimum absolute atomic E-state index is 0.0585. The van der Waals surface area contributed by atoms with Crippen molar-refractivity contribution in [2.24, 2.45) is 0 Å². The molecule has 0 aliphatic rings. The summed E-state index contributed by atoms with van der Waals surface area (Å²) in [4.78, 5) is 12.4. The number of carbonyl (C=O) groups is 1. The number of ketones is 1. The highest BCUT2D eigenvalue weighted by molar-refractivity contribution is 6.35. The number of nitrogens with one attached hydrogen (secondary N) is 1. The quantitative estimate of drug-likeness (QED) is 0.592. The van der Waals surface area contributed by atoms with Crippen LogP contribution >= 0.6 is 23.2 Å². The molecule has 0 aliphatic carbocycles. The Morgan fingerprint density at radius 1 is 0.696 bits per heavy atom. The van der Waals surface area contributed by atoms with Crippen LogP contribution in [0, 0.1) is 0 Å². The van der Waals surface area contributed by atoms with Crippen LogP contribution in [0.4, 0.5) is 11.4 Å². The van der Waals surface area contributed by atoms with Gasteiger partial charge in [-0.15, -0.1) is 0 Å². The van der Waals surface area contributed by atoms with Gasteiger partial charge in [0.2, 0.25) is 0 Å². The van der Waals surface area contributed by atoms with Crippen molar-refractivity contribution in [1.29, 1.82) is 0 Å². The average molecular weight is 342 g/mol. The van der Waals surface area contributed by atoms with E-state index in [2.05, 4.69) is 5.32 Å². The van der Waals surface area contributed by atoms with Gasteiger partial charge in [-0.2, -0.15) is 0 Å². The highest BCUT2D eigenvalue weighted by atomic mass is 35.5. The molecule has 0 heterocycles. The first-order valence-electron chi connectivity index (χ1n) is 7.06. The lowest BCUT2D eigenvalue weighted by Gasteiger charge is -2.11. The minimum Gasteiger partial charge on any atom is -0.353 e. The molecule has 0 saturated carbocycles. The number of halogens is 2. The molecule has 0 radical (unpaired) electrons. The molecule has 23 heavy (non-hydrogen) atoms. The van der Waals surface area contributed by atoms with E-state index < -0.39 is 0 Å². The lowest BCUT2D eigenvalue weighted by molar-refractivity contribution is 0.103. The van der Waals surface area contributed by atoms with Gasteiger partial charge in [0.25, 0.3) is 0 Å². The van der Waals surface area contributed by atoms with Crippen LogP contribution in [0.5, 0.6) is 0 Å². The molecule has 0 bridgehead atoms. The Labute approximate surface area is 144 Å². The van der Waals surface area contributed by atoms with E-state index in [9.17, 15) is 4.79 Å². The van der Waals surface area contributed by atoms with E-state index in [-0.39, 0.29) is 5.78 Å². The van der Waals surface area contributed by atoms with Gasteiger partial charge < -0.3 is 5.32 Å². The van der Waals surface area contributed by atoms with Crippen LogP contribution < -0.4 is 5.32 Å². The van der Waals surface area contributed by atoms with Crippen molar-refractivity contribution in [2.75, 3.05) is 5.32 Å². The molecule has 3 aromatic rings. The second-order valence-electron chi connectivity index (χ2n) is 4.99. The summed E-state index contributed by atoms with van der Waals surface area (Å²) in [6.45, 7) is 0. The van der Waals surface area contributed by atoms with E-state index >= 15 is 0 Å². The maximum Gasteiger partial charge on any atom is 0.193 e. The molecule has 114 valence electrons. The molecule has 0 amide bonds. The van der Waals surface area contributed by atoms with Crippen molar-refractivity contribution >= 4 is 40.4 Å². The fourth-order valence-corrected chi connectivity index (χ4v) is 2.63. The number of para-hydroxylation sites is 1. The van der Waals surface area contributed by atoms with Gasteiger partial charge in [-0.3, -0.25) is 4.79 Å². The number of anilines is 2. The van der Waals surface area contributed by atoms with Gasteiger partial charge in [0.1, 0.15) is 0 Å². The van der Waals surface area contributed by atoms with Crippen molar-refractivity contribution < 1.29 is 4.79 Å². The van der Waals surface area contributed by atoms with Crippen molar-refractivity contribution in [1.82, 2.24) is 0 Å². The maximum absolute atomic E-state index is 12.4. The van der Waals surface area contributed by atoms with Gasteiger partial charge in [0, 0.05) is 11.1 Å². The molecular weight excluding hydrogens is 329 g/mol. The highest BCUT2D eigenvalue weighted by Gasteiger charge is 2.11. The van der Waals surface area contributed by atoms with Crippen LogP contribution in [0.15, 0.2) is 72.8 Å². The first kappa shape index (κ1) is 15.6. The molecule has 3 aromatic carbocycles. The van der Waals surface area contributed by atoms with Crippen LogP contribution in [0.25, 0.3) is 0 Å². The van der Waals surface area contributed by atoms with Crippen LogP contribution in [0.2, 0.25) is 10.0 Å². The third-order valence-corrected chi connectivity index (χ3v) is 4.05. The van der Waals surface area contributed by atoms with E-state index in [1.54, 1.807) is 36.4 Å². The summed E-state index contributed by atoms with van der Waals surface area (Å²) in [5.74, 6) is -0.0585. The first-order chi connectivity index (χ1) is 11.1. The molecule has 0 fully saturated rings. The molecule has 0 unspecified atom stereocenters. The van der Waals surface area contributed by atoms with Crippen molar-refractivity contribution in [3.05, 3.63) is 94.0 Å². The molecule has 0 atom stereocenters. The highest BCUT2D eigenvalue weighted by Crippen LogP contribution is 2.30. The van der Waals surface area contributed by atoms with Gasteiger partial charge >= 0.3 is 0 Å². The summed E-state index contributed by atoms with van der Waals surface area (Å²) < 4.78 is 0. The molecular formula is C19H13Cl2NO. The molecule has 0 saturated heterocycles. The van der Waals surface area contributed by atoms with Crippen LogP contribution in [0.1, 0.15) is 15.9 Å². The minimum atomic E-state index is -0.0585. The van der Waals surface area contributed by atoms with E-state index in [1.165, 1.54) is 0 Å². The zero-order valence-electron chi connectivity index (χ0n) is 12.1. The molecule has 2 nitrogen and oxygen atoms in total. The van der Waals surface area contributed by atoms with E-state index in [1.807, 2.05) is 36.4 Å². The van der Waals surface area contributed by atoms with Crippen LogP contribution in [-0.2, 0) is 0 Å². The number of hydrogen-bond acceptors (Lipinski definition) is 2. The molecule has 1 N–H and O–H groups in total. The smallest absolute Gasteiger partial charge is 0.193 e. The second kappa shape index (κ2) is 6.86. The third kappa shape index (κ3) is 3.55. The van der Waals surface area contributed by atoms with Crippen LogP contribution in [0.3, 0.4) is 0 Å². The largest absolute Gasteiger partial charge is 0.353 e. The summed E-state index contributed by atoms with van der Waals surface area (Å²) in [6, 6.07) is 21.7. The second-order valence-corrected chi connectivity index (χ2v) is 5.81. The fraction of sp³-hybridized carbons (Fsp3) is 0. The van der Waals surface area contributed by atoms with E-state index in [0.717, 1.165) is 5.69 Å². The summed E-state index contributed by atoms with van der Waals surface area (Å²) in [5.41, 5.74) is 2.64. The lowest BCUT2D eigenvalue weighted by Crippen LogP contribution is -2.01. The van der Waals surface area contributed by atoms with Crippen molar-refractivity contribution in [3.63, 3.8) is 0 Å². The SMILES string of the molecule is O=C(c1ccccc1)c1ccc(Nc2ccccc2Cl)c(Cl)c1. The predicted molar refractivity (Wildman–Crippen MR) is 96.1 cm³/mol. The molecule has 0 spiro atoms. The predicted octanol–water partition coefficient (Wildman–Crippen LogP) is 5.97. The Kier molecular flexibility index (Phi) is 4.65. The van der Waals surface area contributed by atoms with Crippen molar-refractivity contribution in [3.8, 4) is 0 Å². The Bertz CT molecular complexity index is 847. The lowest BCUT2D eigenvalue weighted by atomic mass is 10.0. The molecule has 0 aromatic heterocycles. The first-order valence-corrected chi connectivity index (χ1v) is 7.81. The number of benzene rings is 3. The Morgan fingerprint density at radius 3 is 2.04 bits per heavy atom. The summed E-state index contributed by atoms with van der Waals surface area (Å²) in [7, 11) is 0. The van der Waals surface area contributed by atoms with Gasteiger partial charge in [-0.1, -0.05) is 65.7 Å². The fourth-order valence-electron chi connectivity index (χ4n) is 2.22. The number of rotatable bonds is 4. The molecule has 0 aliphatic heterocycles. The summed E-state index contributed by atoms with van der Waals surface area (Å²) >= 11 is 12.4. The van der Waals surface area contributed by atoms with Crippen molar-refractivity contribution in [2.45, 2.75) is 0 Å². The average Bonchev–Trinajstić information content (AvgIpc) is 2.58. The van der Waals surface area contributed by atoms with Gasteiger partial charge in [0.05, 0.1) is 21.4 Å². The number of carbonyl (C=O) groups excluding carboxylic acids is 1. The van der Waals surface area contributed by atoms with Gasteiger partial charge in [-0.05, 0) is 30.3 Å². The van der Waals surface area contributed by atoms with Gasteiger partial charge in [-0.25, -0.2) is 0 Å². The van der Waals surface area contributed by atoms with E-state index in [4.69, 9.17) is 23.2 Å². The summed E-state index contributed by atoms with van der Waals surface area (Å²) in [6.07, 6.45) is 0. The van der Waals surface area contributed by atoms with Gasteiger partial charge in [0.15, 0.2) is 5.78 Å². The number of hydrogen-bond donors (Lipinski definition) is 1. The molecule has 3 rings (SSSR count). The Hall–Kier alpha value is -2.29. The normalized spacial score (nSPS) is 10.3. The van der Waals surface area contributed by atoms with E-state index in [0.29, 0.717) is 26.9 Å². The Balaban J connectivity index is 1.87. The zero-order chi connectivity index (χ0) is 16.2. The topological polar surface area (TPSA) is 29.1 Å².